The van der Waals surface area contributed by atoms with E-state index in [-0.39, 0.29) is 6.10 Å². The summed E-state index contributed by atoms with van der Waals surface area (Å²) in [5, 5.41) is 10.2. The molecule has 0 bridgehead atoms. The van der Waals surface area contributed by atoms with Gasteiger partial charge < -0.3 is 5.11 Å². The highest BCUT2D eigenvalue weighted by Crippen LogP contribution is 2.65. The van der Waals surface area contributed by atoms with Crippen LogP contribution >= 0.6 is 0 Å². The van der Waals surface area contributed by atoms with Crippen molar-refractivity contribution in [1.82, 2.24) is 0 Å². The van der Waals surface area contributed by atoms with Crippen LogP contribution in [0.4, 0.5) is 0 Å². The molecule has 0 aromatic carbocycles. The monoisotopic (exact) mass is 396 g/mol. The molecule has 4 aliphatic rings. The summed E-state index contributed by atoms with van der Waals surface area (Å²) >= 11 is 0. The molecule has 0 aromatic heterocycles. The van der Waals surface area contributed by atoms with Gasteiger partial charge in [-0.3, -0.25) is 0 Å². The van der Waals surface area contributed by atoms with E-state index in [0.717, 1.165) is 36.5 Å². The van der Waals surface area contributed by atoms with E-state index in [2.05, 4.69) is 65.8 Å². The lowest BCUT2D eigenvalue weighted by molar-refractivity contribution is 0.0382. The minimum Gasteiger partial charge on any atom is -0.393 e. The molecule has 3 saturated carbocycles. The van der Waals surface area contributed by atoms with Crippen LogP contribution in [-0.2, 0) is 0 Å². The summed E-state index contributed by atoms with van der Waals surface area (Å²) in [6, 6.07) is 0. The Bertz CT molecular complexity index is 712. The van der Waals surface area contributed by atoms with Crippen molar-refractivity contribution in [3.63, 3.8) is 0 Å². The lowest BCUT2D eigenvalue weighted by Crippen LogP contribution is -2.46. The van der Waals surface area contributed by atoms with Crippen LogP contribution in [0.25, 0.3) is 0 Å². The number of rotatable bonds is 4. The second-order valence-corrected chi connectivity index (χ2v) is 11.9. The number of aliphatic hydroxyl groups is 1. The van der Waals surface area contributed by atoms with Crippen molar-refractivity contribution in [3.05, 3.63) is 35.5 Å². The molecule has 8 atom stereocenters. The zero-order chi connectivity index (χ0) is 21.0. The Hall–Kier alpha value is -0.820. The van der Waals surface area contributed by atoms with E-state index in [1.54, 1.807) is 5.57 Å². The zero-order valence-corrected chi connectivity index (χ0v) is 19.7. The number of allylic oxidation sites excluding steroid dienone is 5. The highest BCUT2D eigenvalue weighted by Gasteiger charge is 2.56. The fraction of sp³-hybridized carbons (Fsp3) is 0.786. The summed E-state index contributed by atoms with van der Waals surface area (Å²) in [5.74, 6) is 4.38. The lowest BCUT2D eigenvalue weighted by atomic mass is 9.50. The fourth-order valence-corrected chi connectivity index (χ4v) is 7.59. The molecule has 3 fully saturated rings. The third kappa shape index (κ3) is 3.50. The van der Waals surface area contributed by atoms with E-state index >= 15 is 0 Å². The molecule has 0 amide bonds. The van der Waals surface area contributed by atoms with Gasteiger partial charge in [0.15, 0.2) is 0 Å². The summed E-state index contributed by atoms with van der Waals surface area (Å²) in [4.78, 5) is 0. The molecule has 0 spiro atoms. The van der Waals surface area contributed by atoms with Crippen LogP contribution in [0.2, 0.25) is 0 Å². The molecule has 0 radical (unpaired) electrons. The van der Waals surface area contributed by atoms with Gasteiger partial charge in [0.05, 0.1) is 6.10 Å². The largest absolute Gasteiger partial charge is 0.393 e. The topological polar surface area (TPSA) is 20.2 Å². The zero-order valence-electron chi connectivity index (χ0n) is 19.7. The van der Waals surface area contributed by atoms with Crippen molar-refractivity contribution >= 4 is 0 Å². The Balaban J connectivity index is 1.57. The van der Waals surface area contributed by atoms with Crippen LogP contribution < -0.4 is 0 Å². The van der Waals surface area contributed by atoms with Crippen LogP contribution in [0.5, 0.6) is 0 Å². The Morgan fingerprint density at radius 1 is 0.931 bits per heavy atom. The third-order valence-corrected chi connectivity index (χ3v) is 10.0. The first-order valence-electron chi connectivity index (χ1n) is 12.4. The molecule has 1 heteroatoms. The molecule has 3 unspecified atom stereocenters. The van der Waals surface area contributed by atoms with Crippen molar-refractivity contribution in [2.24, 2.45) is 46.3 Å². The minimum atomic E-state index is -0.116. The van der Waals surface area contributed by atoms with Crippen LogP contribution in [0.1, 0.15) is 86.5 Å². The average Bonchev–Trinajstić information content (AvgIpc) is 3.03. The van der Waals surface area contributed by atoms with Gasteiger partial charge in [-0.2, -0.15) is 0 Å². The predicted octanol–water partition coefficient (Wildman–Crippen LogP) is 7.33. The maximum Gasteiger partial charge on any atom is 0.0578 e. The van der Waals surface area contributed by atoms with Gasteiger partial charge in [0.1, 0.15) is 0 Å². The summed E-state index contributed by atoms with van der Waals surface area (Å²) in [6.07, 6.45) is 18.4. The van der Waals surface area contributed by atoms with E-state index < -0.39 is 0 Å². The molecule has 162 valence electrons. The van der Waals surface area contributed by atoms with Crippen molar-refractivity contribution in [3.8, 4) is 0 Å². The molecular weight excluding hydrogens is 352 g/mol. The van der Waals surface area contributed by atoms with E-state index in [1.807, 2.05) is 0 Å². The second-order valence-electron chi connectivity index (χ2n) is 11.9. The molecule has 0 saturated heterocycles. The lowest BCUT2D eigenvalue weighted by Gasteiger charge is -2.55. The molecule has 0 aliphatic heterocycles. The number of aliphatic hydroxyl groups excluding tert-OH is 1. The van der Waals surface area contributed by atoms with Gasteiger partial charge in [0.2, 0.25) is 0 Å². The van der Waals surface area contributed by atoms with Crippen LogP contribution in [0, 0.1) is 46.3 Å². The van der Waals surface area contributed by atoms with Crippen LogP contribution in [-0.4, -0.2) is 11.2 Å². The van der Waals surface area contributed by atoms with Gasteiger partial charge in [-0.1, -0.05) is 77.0 Å². The quantitative estimate of drug-likeness (QED) is 0.493. The first-order chi connectivity index (χ1) is 13.7. The van der Waals surface area contributed by atoms with Gasteiger partial charge in [-0.05, 0) is 91.3 Å². The Kier molecular flexibility index (Phi) is 5.69. The van der Waals surface area contributed by atoms with Gasteiger partial charge in [0.25, 0.3) is 0 Å². The first kappa shape index (κ1) is 21.4. The normalized spacial score (nSPS) is 44.0. The minimum absolute atomic E-state index is 0.116. The Labute approximate surface area is 179 Å². The van der Waals surface area contributed by atoms with Gasteiger partial charge in [-0.25, -0.2) is 0 Å². The molecule has 0 aromatic rings. The van der Waals surface area contributed by atoms with Gasteiger partial charge >= 0.3 is 0 Å². The molecule has 29 heavy (non-hydrogen) atoms. The molecule has 4 rings (SSSR count). The van der Waals surface area contributed by atoms with Crippen molar-refractivity contribution in [1.29, 1.82) is 0 Å². The number of hydrogen-bond acceptors (Lipinski definition) is 1. The molecule has 0 heterocycles. The van der Waals surface area contributed by atoms with E-state index in [1.165, 1.54) is 37.7 Å². The van der Waals surface area contributed by atoms with E-state index in [4.69, 9.17) is 0 Å². The highest BCUT2D eigenvalue weighted by molar-refractivity contribution is 5.39. The molecular formula is C28H44O. The maximum atomic E-state index is 10.2. The molecule has 4 aliphatic carbocycles. The Morgan fingerprint density at radius 2 is 1.69 bits per heavy atom. The molecule has 1 nitrogen and oxygen atoms in total. The SMILES string of the molecule is CC(C)C(C)/C=C/[C@@H](C)[C@H]1CCC2C3=CC=C4C[C@@H](O)CC[C@]4(C)C3CC[C@@]21C. The number of fused-ring (bicyclic) bond motifs is 5. The smallest absolute Gasteiger partial charge is 0.0578 e. The maximum absolute atomic E-state index is 10.2. The van der Waals surface area contributed by atoms with Crippen molar-refractivity contribution in [2.75, 3.05) is 0 Å². The van der Waals surface area contributed by atoms with Crippen LogP contribution in [0.15, 0.2) is 35.5 Å². The van der Waals surface area contributed by atoms with Crippen molar-refractivity contribution in [2.45, 2.75) is 92.6 Å². The fourth-order valence-electron chi connectivity index (χ4n) is 7.59. The average molecular weight is 397 g/mol. The second kappa shape index (κ2) is 7.70. The summed E-state index contributed by atoms with van der Waals surface area (Å²) in [7, 11) is 0. The molecule has 1 N–H and O–H groups in total. The predicted molar refractivity (Wildman–Crippen MR) is 123 cm³/mol. The number of hydrogen-bond donors (Lipinski definition) is 1. The van der Waals surface area contributed by atoms with Gasteiger partial charge in [0, 0.05) is 0 Å². The summed E-state index contributed by atoms with van der Waals surface area (Å²) in [5.41, 5.74) is 4.07. The van der Waals surface area contributed by atoms with Crippen molar-refractivity contribution < 1.29 is 5.11 Å². The summed E-state index contributed by atoms with van der Waals surface area (Å²) < 4.78 is 0. The van der Waals surface area contributed by atoms with Crippen LogP contribution in [0.3, 0.4) is 0 Å². The standard InChI is InChI=1S/C28H44O/c1-18(2)19(3)7-8-20(4)24-11-12-25-23-10-9-21-17-22(29)13-15-27(21,5)26(23)14-16-28(24,25)6/h7-10,18-20,22,24-26,29H,11-17H2,1-6H3/b8-7+/t19?,20-,22+,24-,25?,26?,27+,28-/m1/s1. The van der Waals surface area contributed by atoms with Gasteiger partial charge in [-0.15, -0.1) is 0 Å². The Morgan fingerprint density at radius 3 is 2.41 bits per heavy atom. The van der Waals surface area contributed by atoms with E-state index in [9.17, 15) is 5.11 Å². The van der Waals surface area contributed by atoms with E-state index in [0.29, 0.717) is 22.7 Å². The summed E-state index contributed by atoms with van der Waals surface area (Å²) in [6.45, 7) is 14.6. The highest BCUT2D eigenvalue weighted by atomic mass is 16.3. The third-order valence-electron chi connectivity index (χ3n) is 10.0. The first-order valence-corrected chi connectivity index (χ1v) is 12.4.